The second-order valence-corrected chi connectivity index (χ2v) is 10.5. The topological polar surface area (TPSA) is 89.4 Å². The number of halogens is 2. The Balaban J connectivity index is 1.55. The van der Waals surface area contributed by atoms with Gasteiger partial charge in [-0.2, -0.15) is 0 Å². The van der Waals surface area contributed by atoms with Gasteiger partial charge in [0.25, 0.3) is 5.91 Å². The Kier molecular flexibility index (Phi) is 10.2. The van der Waals surface area contributed by atoms with Gasteiger partial charge in [-0.15, -0.1) is 0 Å². The third-order valence-corrected chi connectivity index (χ3v) is 7.41. The number of aliphatic hydroxyl groups excluding tert-OH is 1. The van der Waals surface area contributed by atoms with Gasteiger partial charge in [0.2, 0.25) is 5.90 Å². The van der Waals surface area contributed by atoms with Gasteiger partial charge in [-0.3, -0.25) is 4.79 Å². The molecular weight excluding hydrogens is 578 g/mol. The van der Waals surface area contributed by atoms with E-state index in [4.69, 9.17) is 24.3 Å². The third kappa shape index (κ3) is 7.56. The van der Waals surface area contributed by atoms with E-state index >= 15 is 0 Å². The molecule has 1 aliphatic heterocycles. The summed E-state index contributed by atoms with van der Waals surface area (Å²) in [5.74, 6) is -0.330. The first kappa shape index (κ1) is 31.4. The van der Waals surface area contributed by atoms with Crippen LogP contribution < -0.4 is 14.8 Å². The van der Waals surface area contributed by atoms with Gasteiger partial charge in [-0.05, 0) is 65.7 Å². The summed E-state index contributed by atoms with van der Waals surface area (Å²) >= 11 is 0. The second kappa shape index (κ2) is 14.6. The lowest BCUT2D eigenvalue weighted by atomic mass is 9.84. The normalized spacial score (nSPS) is 17.5. The molecule has 0 aliphatic carbocycles. The molecule has 0 aromatic heterocycles. The van der Waals surface area contributed by atoms with Crippen molar-refractivity contribution in [3.8, 4) is 11.5 Å². The molecule has 4 aromatic carbocycles. The molecule has 1 heterocycles. The highest BCUT2D eigenvalue weighted by Gasteiger charge is 2.52. The van der Waals surface area contributed by atoms with Gasteiger partial charge in [-0.25, -0.2) is 13.8 Å². The van der Waals surface area contributed by atoms with Crippen LogP contribution in [0.5, 0.6) is 11.5 Å². The summed E-state index contributed by atoms with van der Waals surface area (Å²) in [6.45, 7) is 0.152. The zero-order valence-corrected chi connectivity index (χ0v) is 24.8. The maximum Gasteiger partial charge on any atom is 0.252 e. The number of aliphatic hydroxyl groups is 1. The Hall–Kier alpha value is -5.02. The fraction of sp³-hybridized carbons (Fsp3) is 0.222. The standard InChI is InChI=1S/C36H34F2N2O5/c1-43-31-12-5-11-27(23-31)33-36(19-6-10-25-8-3-2-4-9-25,35(42)39-24-28-22-29(37)15-18-32(28)38)40-34(45-33)26-13-16-30(17-14-26)44-21-7-20-41/h2-6,8-18,22-23,33,41H,7,19-21,24H2,1H3,(H,39,42)/b10-6+/t33-,36-/m1/s1. The molecule has 0 saturated heterocycles. The number of nitrogens with zero attached hydrogens (tertiary/aromatic N) is 1. The molecule has 232 valence electrons. The summed E-state index contributed by atoms with van der Waals surface area (Å²) in [5, 5.41) is 11.8. The molecule has 5 rings (SSSR count). The highest BCUT2D eigenvalue weighted by atomic mass is 19.1. The first-order chi connectivity index (χ1) is 21.9. The lowest BCUT2D eigenvalue weighted by Gasteiger charge is -2.30. The van der Waals surface area contributed by atoms with Crippen molar-refractivity contribution in [3.05, 3.63) is 137 Å². The minimum atomic E-state index is -1.52. The summed E-state index contributed by atoms with van der Waals surface area (Å²) in [6, 6.07) is 27.1. The highest BCUT2D eigenvalue weighted by Crippen LogP contribution is 2.43. The van der Waals surface area contributed by atoms with Crippen molar-refractivity contribution in [3.63, 3.8) is 0 Å². The summed E-state index contributed by atoms with van der Waals surface area (Å²) in [6.07, 6.45) is 3.51. The minimum Gasteiger partial charge on any atom is -0.497 e. The quantitative estimate of drug-likeness (QED) is 0.170. The molecule has 7 nitrogen and oxygen atoms in total. The Morgan fingerprint density at radius 3 is 2.56 bits per heavy atom. The summed E-state index contributed by atoms with van der Waals surface area (Å²) in [7, 11) is 1.55. The smallest absolute Gasteiger partial charge is 0.252 e. The molecule has 2 atom stereocenters. The predicted molar refractivity (Wildman–Crippen MR) is 168 cm³/mol. The zero-order chi connectivity index (χ0) is 31.6. The number of carbonyl (C=O) groups is 1. The SMILES string of the molecule is COc1cccc([C@H]2OC(c3ccc(OCCCO)cc3)=N[C@@]2(C/C=C/c2ccccc2)C(=O)NCc2cc(F)ccc2F)c1. The number of hydrogen-bond donors (Lipinski definition) is 2. The lowest BCUT2D eigenvalue weighted by molar-refractivity contribution is -0.129. The van der Waals surface area contributed by atoms with E-state index in [-0.39, 0.29) is 31.0 Å². The monoisotopic (exact) mass is 612 g/mol. The largest absolute Gasteiger partial charge is 0.497 e. The molecule has 0 fully saturated rings. The number of hydrogen-bond acceptors (Lipinski definition) is 6. The van der Waals surface area contributed by atoms with Crippen LogP contribution in [-0.2, 0) is 16.1 Å². The second-order valence-electron chi connectivity index (χ2n) is 10.5. The van der Waals surface area contributed by atoms with Crippen LogP contribution in [-0.4, -0.2) is 42.8 Å². The Morgan fingerprint density at radius 2 is 1.80 bits per heavy atom. The van der Waals surface area contributed by atoms with Gasteiger partial charge in [0.1, 0.15) is 23.1 Å². The number of rotatable bonds is 13. The zero-order valence-electron chi connectivity index (χ0n) is 24.8. The first-order valence-electron chi connectivity index (χ1n) is 14.6. The number of carbonyl (C=O) groups excluding carboxylic acids is 1. The van der Waals surface area contributed by atoms with Crippen molar-refractivity contribution in [2.24, 2.45) is 4.99 Å². The molecule has 2 N–H and O–H groups in total. The Morgan fingerprint density at radius 1 is 1.00 bits per heavy atom. The van der Waals surface area contributed by atoms with Gasteiger partial charge in [-0.1, -0.05) is 54.6 Å². The van der Waals surface area contributed by atoms with Gasteiger partial charge < -0.3 is 24.6 Å². The van der Waals surface area contributed by atoms with Gasteiger partial charge in [0.15, 0.2) is 11.6 Å². The fourth-order valence-corrected chi connectivity index (χ4v) is 5.07. The molecule has 1 aliphatic rings. The summed E-state index contributed by atoms with van der Waals surface area (Å²) < 4.78 is 46.0. The molecule has 0 bridgehead atoms. The minimum absolute atomic E-state index is 0.0103. The molecule has 9 heteroatoms. The van der Waals surface area contributed by atoms with Crippen LogP contribution in [0, 0.1) is 11.6 Å². The molecule has 45 heavy (non-hydrogen) atoms. The average molecular weight is 613 g/mol. The first-order valence-corrected chi connectivity index (χ1v) is 14.6. The van der Waals surface area contributed by atoms with Gasteiger partial charge in [0, 0.05) is 37.1 Å². The molecule has 0 spiro atoms. The average Bonchev–Trinajstić information content (AvgIpc) is 3.47. The third-order valence-electron chi connectivity index (χ3n) is 7.41. The molecule has 0 radical (unpaired) electrons. The van der Waals surface area contributed by atoms with E-state index in [0.29, 0.717) is 35.7 Å². The van der Waals surface area contributed by atoms with Crippen molar-refractivity contribution in [1.29, 1.82) is 0 Å². The van der Waals surface area contributed by atoms with E-state index in [0.717, 1.165) is 23.8 Å². The van der Waals surface area contributed by atoms with Crippen LogP contribution in [0.4, 0.5) is 8.78 Å². The van der Waals surface area contributed by atoms with E-state index in [1.165, 1.54) is 0 Å². The summed E-state index contributed by atoms with van der Waals surface area (Å²) in [5.41, 5.74) is 0.698. The van der Waals surface area contributed by atoms with Crippen LogP contribution >= 0.6 is 0 Å². The van der Waals surface area contributed by atoms with Gasteiger partial charge in [0.05, 0.1) is 13.7 Å². The van der Waals surface area contributed by atoms with E-state index < -0.39 is 29.2 Å². The van der Waals surface area contributed by atoms with Crippen molar-refractivity contribution in [2.75, 3.05) is 20.3 Å². The van der Waals surface area contributed by atoms with Crippen LogP contribution in [0.25, 0.3) is 6.08 Å². The van der Waals surface area contributed by atoms with Crippen molar-refractivity contribution < 1.29 is 32.9 Å². The highest BCUT2D eigenvalue weighted by molar-refractivity contribution is 6.01. The molecule has 0 unspecified atom stereocenters. The number of methoxy groups -OCH3 is 1. The van der Waals surface area contributed by atoms with E-state index in [9.17, 15) is 13.6 Å². The molecule has 1 amide bonds. The summed E-state index contributed by atoms with van der Waals surface area (Å²) in [4.78, 5) is 19.2. The van der Waals surface area contributed by atoms with Crippen molar-refractivity contribution in [1.82, 2.24) is 5.32 Å². The number of ether oxygens (including phenoxy) is 3. The Labute approximate surface area is 260 Å². The molecular formula is C36H34F2N2O5. The molecule has 4 aromatic rings. The number of benzene rings is 4. The number of amides is 1. The molecule has 0 saturated carbocycles. The maximum absolute atomic E-state index is 14.5. The Bertz CT molecular complexity index is 1660. The van der Waals surface area contributed by atoms with Gasteiger partial charge >= 0.3 is 0 Å². The van der Waals surface area contributed by atoms with Crippen molar-refractivity contribution >= 4 is 17.9 Å². The fourth-order valence-electron chi connectivity index (χ4n) is 5.07. The van der Waals surface area contributed by atoms with E-state index in [2.05, 4.69) is 5.32 Å². The van der Waals surface area contributed by atoms with E-state index in [1.54, 1.807) is 49.6 Å². The van der Waals surface area contributed by atoms with Crippen LogP contribution in [0.15, 0.2) is 108 Å². The lowest BCUT2D eigenvalue weighted by Crippen LogP contribution is -2.47. The van der Waals surface area contributed by atoms with E-state index in [1.807, 2.05) is 48.6 Å². The predicted octanol–water partition coefficient (Wildman–Crippen LogP) is 6.41. The van der Waals surface area contributed by atoms with Crippen LogP contribution in [0.3, 0.4) is 0 Å². The van der Waals surface area contributed by atoms with Crippen LogP contribution in [0.2, 0.25) is 0 Å². The van der Waals surface area contributed by atoms with Crippen LogP contribution in [0.1, 0.15) is 41.2 Å². The van der Waals surface area contributed by atoms with Crippen molar-refractivity contribution in [2.45, 2.75) is 31.0 Å². The number of nitrogens with one attached hydrogen (secondary N) is 1. The maximum atomic E-state index is 14.5. The number of aliphatic imine (C=N–C) groups is 1.